The van der Waals surface area contributed by atoms with E-state index in [1.165, 1.54) is 19.1 Å². The molecule has 0 saturated heterocycles. The van der Waals surface area contributed by atoms with Gasteiger partial charge in [-0.25, -0.2) is 9.82 Å². The molecule has 0 fully saturated rings. The highest BCUT2D eigenvalue weighted by atomic mass is 19.1. The number of benzene rings is 2. The standard InChI is InChI=1S/C17H16FN3O2/c1-11-7-9-13(10-8-11)19-16(22)17(23)21-20-12(2)14-5-3-4-6-15(14)18/h3-10H,1-2H3,(H,19,22)(H,21,23)/b20-12-. The van der Waals surface area contributed by atoms with Crippen LogP contribution in [0.4, 0.5) is 10.1 Å². The predicted octanol–water partition coefficient (Wildman–Crippen LogP) is 2.61. The number of nitrogens with one attached hydrogen (secondary N) is 2. The van der Waals surface area contributed by atoms with Crippen molar-refractivity contribution in [2.45, 2.75) is 13.8 Å². The highest BCUT2D eigenvalue weighted by Crippen LogP contribution is 2.09. The minimum absolute atomic E-state index is 0.256. The van der Waals surface area contributed by atoms with Gasteiger partial charge in [-0.3, -0.25) is 9.59 Å². The van der Waals surface area contributed by atoms with Gasteiger partial charge >= 0.3 is 11.8 Å². The SMILES string of the molecule is C/C(=N/NC(=O)C(=O)Nc1ccc(C)cc1)c1ccccc1F. The Balaban J connectivity index is 1.98. The highest BCUT2D eigenvalue weighted by Gasteiger charge is 2.13. The van der Waals surface area contributed by atoms with Crippen LogP contribution < -0.4 is 10.7 Å². The Morgan fingerprint density at radius 3 is 2.30 bits per heavy atom. The zero-order chi connectivity index (χ0) is 16.8. The van der Waals surface area contributed by atoms with Gasteiger partial charge in [-0.15, -0.1) is 0 Å². The normalized spacial score (nSPS) is 11.0. The number of nitrogens with zero attached hydrogens (tertiary/aromatic N) is 1. The smallest absolute Gasteiger partial charge is 0.318 e. The Bertz CT molecular complexity index is 755. The van der Waals surface area contributed by atoms with Crippen LogP contribution in [-0.2, 0) is 9.59 Å². The number of anilines is 1. The molecule has 6 heteroatoms. The first-order valence-electron chi connectivity index (χ1n) is 6.94. The Morgan fingerprint density at radius 1 is 1.00 bits per heavy atom. The number of carbonyl (C=O) groups is 2. The molecule has 2 rings (SSSR count). The van der Waals surface area contributed by atoms with Crippen LogP contribution in [-0.4, -0.2) is 17.5 Å². The molecule has 0 spiro atoms. The molecule has 118 valence electrons. The van der Waals surface area contributed by atoms with Gasteiger partial charge in [0.05, 0.1) is 5.71 Å². The van der Waals surface area contributed by atoms with E-state index in [4.69, 9.17) is 0 Å². The van der Waals surface area contributed by atoms with Crippen LogP contribution in [0.3, 0.4) is 0 Å². The maximum Gasteiger partial charge on any atom is 0.329 e. The van der Waals surface area contributed by atoms with E-state index in [9.17, 15) is 14.0 Å². The summed E-state index contributed by atoms with van der Waals surface area (Å²) in [6, 6.07) is 13.0. The van der Waals surface area contributed by atoms with Crippen LogP contribution in [0.5, 0.6) is 0 Å². The summed E-state index contributed by atoms with van der Waals surface area (Å²) in [5, 5.41) is 6.20. The number of hydrogen-bond acceptors (Lipinski definition) is 3. The second kappa shape index (κ2) is 7.31. The fourth-order valence-electron chi connectivity index (χ4n) is 1.83. The van der Waals surface area contributed by atoms with Gasteiger partial charge in [0.25, 0.3) is 0 Å². The Hall–Kier alpha value is -3.02. The van der Waals surface area contributed by atoms with E-state index in [-0.39, 0.29) is 11.3 Å². The molecule has 0 radical (unpaired) electrons. The lowest BCUT2D eigenvalue weighted by molar-refractivity contribution is -0.136. The van der Waals surface area contributed by atoms with Gasteiger partial charge in [-0.2, -0.15) is 5.10 Å². The van der Waals surface area contributed by atoms with E-state index in [1.807, 2.05) is 19.1 Å². The van der Waals surface area contributed by atoms with E-state index >= 15 is 0 Å². The van der Waals surface area contributed by atoms with Crippen molar-refractivity contribution < 1.29 is 14.0 Å². The van der Waals surface area contributed by atoms with Crippen molar-refractivity contribution in [1.29, 1.82) is 0 Å². The molecule has 2 N–H and O–H groups in total. The Labute approximate surface area is 133 Å². The zero-order valence-electron chi connectivity index (χ0n) is 12.8. The zero-order valence-corrected chi connectivity index (χ0v) is 12.8. The van der Waals surface area contributed by atoms with Gasteiger partial charge in [-0.1, -0.05) is 35.9 Å². The third kappa shape index (κ3) is 4.47. The van der Waals surface area contributed by atoms with Gasteiger partial charge in [0.2, 0.25) is 0 Å². The molecule has 0 aliphatic rings. The molecule has 0 saturated carbocycles. The van der Waals surface area contributed by atoms with Crippen LogP contribution in [0.1, 0.15) is 18.1 Å². The molecule has 0 heterocycles. The number of rotatable bonds is 3. The van der Waals surface area contributed by atoms with E-state index in [2.05, 4.69) is 15.8 Å². The summed E-state index contributed by atoms with van der Waals surface area (Å²) in [7, 11) is 0. The minimum Gasteiger partial charge on any atom is -0.318 e. The van der Waals surface area contributed by atoms with Gasteiger partial charge in [0.15, 0.2) is 0 Å². The molecular weight excluding hydrogens is 297 g/mol. The maximum atomic E-state index is 13.6. The molecule has 2 aromatic rings. The number of carbonyl (C=O) groups excluding carboxylic acids is 2. The number of amides is 2. The van der Waals surface area contributed by atoms with Crippen molar-refractivity contribution in [3.63, 3.8) is 0 Å². The van der Waals surface area contributed by atoms with Gasteiger partial charge in [0, 0.05) is 11.3 Å². The molecule has 0 bridgehead atoms. The van der Waals surface area contributed by atoms with Crippen LogP contribution in [0.25, 0.3) is 0 Å². The van der Waals surface area contributed by atoms with Crippen molar-refractivity contribution in [3.05, 3.63) is 65.5 Å². The number of hydrogen-bond donors (Lipinski definition) is 2. The molecule has 0 aliphatic heterocycles. The lowest BCUT2D eigenvalue weighted by atomic mass is 10.1. The molecule has 0 aliphatic carbocycles. The second-order valence-corrected chi connectivity index (χ2v) is 4.94. The molecule has 2 amide bonds. The first-order valence-corrected chi connectivity index (χ1v) is 6.94. The van der Waals surface area contributed by atoms with E-state index < -0.39 is 17.6 Å². The third-order valence-corrected chi connectivity index (χ3v) is 3.10. The third-order valence-electron chi connectivity index (χ3n) is 3.10. The largest absolute Gasteiger partial charge is 0.329 e. The molecule has 0 atom stereocenters. The molecule has 2 aromatic carbocycles. The highest BCUT2D eigenvalue weighted by molar-refractivity contribution is 6.39. The topological polar surface area (TPSA) is 70.6 Å². The number of hydrazone groups is 1. The van der Waals surface area contributed by atoms with E-state index in [0.29, 0.717) is 5.69 Å². The van der Waals surface area contributed by atoms with Crippen LogP contribution in [0.15, 0.2) is 53.6 Å². The quantitative estimate of drug-likeness (QED) is 0.519. The summed E-state index contributed by atoms with van der Waals surface area (Å²) >= 11 is 0. The molecular formula is C17H16FN3O2. The summed E-state index contributed by atoms with van der Waals surface area (Å²) in [6.07, 6.45) is 0. The van der Waals surface area contributed by atoms with Crippen molar-refractivity contribution in [2.75, 3.05) is 5.32 Å². The fourth-order valence-corrected chi connectivity index (χ4v) is 1.83. The van der Waals surface area contributed by atoms with E-state index in [0.717, 1.165) is 5.56 Å². The first kappa shape index (κ1) is 16.4. The second-order valence-electron chi connectivity index (χ2n) is 4.94. The number of aryl methyl sites for hydroxylation is 1. The van der Waals surface area contributed by atoms with Crippen molar-refractivity contribution in [1.82, 2.24) is 5.43 Å². The average molecular weight is 313 g/mol. The van der Waals surface area contributed by atoms with Gasteiger partial charge < -0.3 is 5.32 Å². The number of halogens is 1. The summed E-state index contributed by atoms with van der Waals surface area (Å²) in [6.45, 7) is 3.45. The lowest BCUT2D eigenvalue weighted by Crippen LogP contribution is -2.33. The van der Waals surface area contributed by atoms with Gasteiger partial charge in [0.1, 0.15) is 5.82 Å². The summed E-state index contributed by atoms with van der Waals surface area (Å²) < 4.78 is 13.6. The van der Waals surface area contributed by atoms with Crippen molar-refractivity contribution in [3.8, 4) is 0 Å². The Kier molecular flexibility index (Phi) is 5.19. The molecule has 5 nitrogen and oxygen atoms in total. The first-order chi connectivity index (χ1) is 11.0. The lowest BCUT2D eigenvalue weighted by Gasteiger charge is -2.05. The Morgan fingerprint density at radius 2 is 1.65 bits per heavy atom. The molecule has 0 aromatic heterocycles. The van der Waals surface area contributed by atoms with Crippen LogP contribution >= 0.6 is 0 Å². The van der Waals surface area contributed by atoms with Crippen molar-refractivity contribution in [2.24, 2.45) is 5.10 Å². The fraction of sp³-hybridized carbons (Fsp3) is 0.118. The molecule has 23 heavy (non-hydrogen) atoms. The summed E-state index contributed by atoms with van der Waals surface area (Å²) in [5.41, 5.74) is 4.17. The minimum atomic E-state index is -0.929. The van der Waals surface area contributed by atoms with Gasteiger partial charge in [-0.05, 0) is 32.0 Å². The van der Waals surface area contributed by atoms with Crippen LogP contribution in [0.2, 0.25) is 0 Å². The monoisotopic (exact) mass is 313 g/mol. The summed E-state index contributed by atoms with van der Waals surface area (Å²) in [5.74, 6) is -2.23. The predicted molar refractivity (Wildman–Crippen MR) is 86.6 cm³/mol. The van der Waals surface area contributed by atoms with Crippen LogP contribution in [0, 0.1) is 12.7 Å². The van der Waals surface area contributed by atoms with E-state index in [1.54, 1.807) is 24.3 Å². The average Bonchev–Trinajstić information content (AvgIpc) is 2.54. The molecule has 0 unspecified atom stereocenters. The van der Waals surface area contributed by atoms with Crippen molar-refractivity contribution >= 4 is 23.2 Å². The maximum absolute atomic E-state index is 13.6. The summed E-state index contributed by atoms with van der Waals surface area (Å²) in [4.78, 5) is 23.5.